The number of halogens is 2. The number of carbonyl (C=O) groups excluding carboxylic acids is 1. The molecule has 1 heterocycles. The largest absolute Gasteiger partial charge is 0.399 e. The number of nitrogens with zero attached hydrogens (tertiary/aromatic N) is 2. The van der Waals surface area contributed by atoms with Crippen LogP contribution in [0.2, 0.25) is 0 Å². The van der Waals surface area contributed by atoms with Crippen molar-refractivity contribution in [2.45, 2.75) is 19.9 Å². The Kier molecular flexibility index (Phi) is 8.50. The Labute approximate surface area is 136 Å². The van der Waals surface area contributed by atoms with Gasteiger partial charge in [-0.1, -0.05) is 6.07 Å². The zero-order chi connectivity index (χ0) is 13.7. The van der Waals surface area contributed by atoms with Crippen LogP contribution in [0.3, 0.4) is 0 Å². The molecule has 2 rings (SSSR count). The predicted molar refractivity (Wildman–Crippen MR) is 89.3 cm³/mol. The monoisotopic (exact) mass is 330 g/mol. The van der Waals surface area contributed by atoms with Crippen LogP contribution < -0.4 is 11.1 Å². The van der Waals surface area contributed by atoms with Gasteiger partial charge in [-0.25, -0.2) is 4.98 Å². The molecule has 21 heavy (non-hydrogen) atoms. The van der Waals surface area contributed by atoms with E-state index in [2.05, 4.69) is 10.3 Å². The Morgan fingerprint density at radius 1 is 1.38 bits per heavy atom. The van der Waals surface area contributed by atoms with E-state index in [1.807, 2.05) is 23.8 Å². The maximum Gasteiger partial charge on any atom is 0.251 e. The van der Waals surface area contributed by atoms with Gasteiger partial charge in [0.2, 0.25) is 0 Å². The molecule has 0 aliphatic heterocycles. The fraction of sp³-hybridized carbons (Fsp3) is 0.286. The number of imidazole rings is 1. The minimum Gasteiger partial charge on any atom is -0.399 e. The number of nitrogens with one attached hydrogen (secondary N) is 1. The van der Waals surface area contributed by atoms with Gasteiger partial charge in [-0.05, 0) is 31.0 Å². The first-order valence-corrected chi connectivity index (χ1v) is 6.27. The highest BCUT2D eigenvalue weighted by molar-refractivity contribution is 5.96. The van der Waals surface area contributed by atoms with Crippen molar-refractivity contribution in [3.05, 3.63) is 48.0 Å². The van der Waals surface area contributed by atoms with E-state index in [4.69, 9.17) is 5.73 Å². The Bertz CT molecular complexity index is 558. The van der Waals surface area contributed by atoms with Gasteiger partial charge < -0.3 is 15.6 Å². The third-order valence-electron chi connectivity index (χ3n) is 2.94. The number of nitrogens with two attached hydrogens (primary N) is 1. The van der Waals surface area contributed by atoms with Gasteiger partial charge in [-0.15, -0.1) is 24.8 Å². The van der Waals surface area contributed by atoms with Crippen molar-refractivity contribution >= 4 is 36.4 Å². The molecule has 1 aromatic heterocycles. The Hall–Kier alpha value is -1.72. The minimum atomic E-state index is -0.0737. The van der Waals surface area contributed by atoms with E-state index in [1.165, 1.54) is 0 Å². The molecule has 3 N–H and O–H groups in total. The van der Waals surface area contributed by atoms with E-state index in [0.29, 0.717) is 17.8 Å². The molecule has 0 spiro atoms. The molecule has 0 atom stereocenters. The maximum absolute atomic E-state index is 12.0. The molecule has 0 unspecified atom stereocenters. The second-order valence-electron chi connectivity index (χ2n) is 4.48. The summed E-state index contributed by atoms with van der Waals surface area (Å²) in [6.07, 6.45) is 6.28. The van der Waals surface area contributed by atoms with E-state index in [9.17, 15) is 4.79 Å². The van der Waals surface area contributed by atoms with Crippen LogP contribution in [0.4, 0.5) is 5.69 Å². The van der Waals surface area contributed by atoms with E-state index in [-0.39, 0.29) is 30.7 Å². The highest BCUT2D eigenvalue weighted by atomic mass is 35.5. The number of rotatable bonds is 5. The Morgan fingerprint density at radius 2 is 2.14 bits per heavy atom. The van der Waals surface area contributed by atoms with Crippen LogP contribution in [0, 0.1) is 6.92 Å². The summed E-state index contributed by atoms with van der Waals surface area (Å²) in [5.41, 5.74) is 7.87. The molecule has 0 aliphatic carbocycles. The second-order valence-corrected chi connectivity index (χ2v) is 4.48. The summed E-state index contributed by atoms with van der Waals surface area (Å²) >= 11 is 0. The number of nitrogen functional groups attached to an aromatic ring is 1. The van der Waals surface area contributed by atoms with Crippen LogP contribution in [-0.2, 0) is 6.54 Å². The molecule has 0 bridgehead atoms. The minimum absolute atomic E-state index is 0. The lowest BCUT2D eigenvalue weighted by Crippen LogP contribution is -2.26. The van der Waals surface area contributed by atoms with Crippen molar-refractivity contribution in [3.63, 3.8) is 0 Å². The molecule has 0 saturated heterocycles. The van der Waals surface area contributed by atoms with Crippen molar-refractivity contribution in [1.29, 1.82) is 0 Å². The fourth-order valence-electron chi connectivity index (χ4n) is 1.86. The predicted octanol–water partition coefficient (Wildman–Crippen LogP) is 2.44. The Morgan fingerprint density at radius 3 is 2.81 bits per heavy atom. The lowest BCUT2D eigenvalue weighted by molar-refractivity contribution is 0.0952. The van der Waals surface area contributed by atoms with Gasteiger partial charge >= 0.3 is 0 Å². The number of benzene rings is 1. The van der Waals surface area contributed by atoms with E-state index in [0.717, 1.165) is 18.5 Å². The Balaban J connectivity index is 0.00000200. The first-order valence-electron chi connectivity index (χ1n) is 6.27. The molecule has 0 saturated carbocycles. The number of carbonyl (C=O) groups is 1. The summed E-state index contributed by atoms with van der Waals surface area (Å²) in [5, 5.41) is 2.90. The summed E-state index contributed by atoms with van der Waals surface area (Å²) in [4.78, 5) is 16.0. The number of aromatic nitrogens is 2. The highest BCUT2D eigenvalue weighted by Crippen LogP contribution is 2.12. The van der Waals surface area contributed by atoms with Gasteiger partial charge in [0.05, 0.1) is 6.33 Å². The van der Waals surface area contributed by atoms with Gasteiger partial charge in [0.15, 0.2) is 0 Å². The molecule has 1 aromatic carbocycles. The first-order chi connectivity index (χ1) is 9.16. The standard InChI is InChI=1S/C14H18N4O.2ClH/c1-11-3-4-12(15)9-13(11)14(19)17-5-2-7-18-8-6-16-10-18;;/h3-4,6,8-10H,2,5,7,15H2,1H3,(H,17,19);2*1H. The van der Waals surface area contributed by atoms with E-state index < -0.39 is 0 Å². The van der Waals surface area contributed by atoms with Crippen LogP contribution in [-0.4, -0.2) is 22.0 Å². The molecule has 2 aromatic rings. The van der Waals surface area contributed by atoms with Gasteiger partial charge in [0.1, 0.15) is 0 Å². The zero-order valence-electron chi connectivity index (χ0n) is 11.8. The smallest absolute Gasteiger partial charge is 0.251 e. The number of hydrogen-bond acceptors (Lipinski definition) is 3. The van der Waals surface area contributed by atoms with E-state index in [1.54, 1.807) is 24.7 Å². The molecule has 0 fully saturated rings. The lowest BCUT2D eigenvalue weighted by atomic mass is 10.1. The van der Waals surface area contributed by atoms with E-state index >= 15 is 0 Å². The molecule has 0 radical (unpaired) electrons. The van der Waals surface area contributed by atoms with Crippen molar-refractivity contribution < 1.29 is 4.79 Å². The second kappa shape index (κ2) is 9.26. The van der Waals surface area contributed by atoms with Crippen molar-refractivity contribution in [2.75, 3.05) is 12.3 Å². The third kappa shape index (κ3) is 5.65. The molecular weight excluding hydrogens is 311 g/mol. The number of aryl methyl sites for hydroxylation is 2. The molecule has 5 nitrogen and oxygen atoms in total. The van der Waals surface area contributed by atoms with Crippen LogP contribution >= 0.6 is 24.8 Å². The zero-order valence-corrected chi connectivity index (χ0v) is 13.4. The summed E-state index contributed by atoms with van der Waals surface area (Å²) in [7, 11) is 0. The van der Waals surface area contributed by atoms with Crippen molar-refractivity contribution in [1.82, 2.24) is 14.9 Å². The van der Waals surface area contributed by atoms with Crippen LogP contribution in [0.5, 0.6) is 0 Å². The highest BCUT2D eigenvalue weighted by Gasteiger charge is 2.08. The molecule has 0 aliphatic rings. The fourth-order valence-corrected chi connectivity index (χ4v) is 1.86. The number of hydrogen-bond donors (Lipinski definition) is 2. The lowest BCUT2D eigenvalue weighted by Gasteiger charge is -2.08. The van der Waals surface area contributed by atoms with Gasteiger partial charge in [-0.2, -0.15) is 0 Å². The van der Waals surface area contributed by atoms with Crippen LogP contribution in [0.25, 0.3) is 0 Å². The topological polar surface area (TPSA) is 72.9 Å². The van der Waals surface area contributed by atoms with Crippen molar-refractivity contribution in [2.24, 2.45) is 0 Å². The maximum atomic E-state index is 12.0. The van der Waals surface area contributed by atoms with Crippen LogP contribution in [0.1, 0.15) is 22.3 Å². The quantitative estimate of drug-likeness (QED) is 0.653. The summed E-state index contributed by atoms with van der Waals surface area (Å²) in [6.45, 7) is 3.38. The third-order valence-corrected chi connectivity index (χ3v) is 2.94. The number of anilines is 1. The molecule has 116 valence electrons. The first kappa shape index (κ1) is 19.3. The number of amides is 1. The normalized spacial score (nSPS) is 9.38. The average Bonchev–Trinajstić information content (AvgIpc) is 2.90. The molecular formula is C14H20Cl2N4O. The van der Waals surface area contributed by atoms with Crippen molar-refractivity contribution in [3.8, 4) is 0 Å². The molecule has 7 heteroatoms. The van der Waals surface area contributed by atoms with Gasteiger partial charge in [0.25, 0.3) is 5.91 Å². The summed E-state index contributed by atoms with van der Waals surface area (Å²) < 4.78 is 1.98. The van der Waals surface area contributed by atoms with Gasteiger partial charge in [-0.3, -0.25) is 4.79 Å². The SMILES string of the molecule is Cc1ccc(N)cc1C(=O)NCCCn1ccnc1.Cl.Cl. The summed E-state index contributed by atoms with van der Waals surface area (Å²) in [5.74, 6) is -0.0737. The molecule has 1 amide bonds. The van der Waals surface area contributed by atoms with Gasteiger partial charge in [0, 0.05) is 36.7 Å². The summed E-state index contributed by atoms with van der Waals surface area (Å²) in [6, 6.07) is 5.36. The average molecular weight is 331 g/mol. The van der Waals surface area contributed by atoms with Crippen LogP contribution in [0.15, 0.2) is 36.9 Å².